The van der Waals surface area contributed by atoms with Crippen molar-refractivity contribution in [1.29, 1.82) is 0 Å². The molecule has 2 aromatic rings. The van der Waals surface area contributed by atoms with Crippen molar-refractivity contribution in [1.82, 2.24) is 4.57 Å². The van der Waals surface area contributed by atoms with Crippen LogP contribution in [-0.4, -0.2) is 9.67 Å². The number of aryl methyl sites for hydroxylation is 3. The number of halogens is 1. The standard InChI is InChI=1S/C13H16ClNO/c1-7-5-6-10-11(9(3)16)13(14)15(4)12(10)8(7)2/h5-6,9,16H,1-4H3. The molecule has 2 rings (SSSR count). The number of aliphatic hydroxyl groups is 1. The fourth-order valence-corrected chi connectivity index (χ4v) is 2.58. The molecular formula is C13H16ClNO. The Labute approximate surface area is 100 Å². The van der Waals surface area contributed by atoms with E-state index in [9.17, 15) is 5.11 Å². The van der Waals surface area contributed by atoms with Crippen LogP contribution in [0.3, 0.4) is 0 Å². The predicted molar refractivity (Wildman–Crippen MR) is 68.0 cm³/mol. The maximum Gasteiger partial charge on any atom is 0.115 e. The highest BCUT2D eigenvalue weighted by Gasteiger charge is 2.18. The van der Waals surface area contributed by atoms with E-state index in [1.54, 1.807) is 6.92 Å². The number of aromatic nitrogens is 1. The van der Waals surface area contributed by atoms with E-state index in [4.69, 9.17) is 11.6 Å². The summed E-state index contributed by atoms with van der Waals surface area (Å²) in [7, 11) is 1.93. The van der Waals surface area contributed by atoms with Gasteiger partial charge in [-0.1, -0.05) is 23.7 Å². The summed E-state index contributed by atoms with van der Waals surface area (Å²) in [4.78, 5) is 0. The Kier molecular flexibility index (Phi) is 2.72. The zero-order valence-electron chi connectivity index (χ0n) is 10.0. The molecule has 1 aromatic heterocycles. The molecule has 0 aliphatic carbocycles. The van der Waals surface area contributed by atoms with Gasteiger partial charge in [0.1, 0.15) is 5.15 Å². The Morgan fingerprint density at radius 2 is 1.94 bits per heavy atom. The summed E-state index contributed by atoms with van der Waals surface area (Å²) in [6, 6.07) is 4.10. The minimum Gasteiger partial charge on any atom is -0.389 e. The number of nitrogens with zero attached hydrogens (tertiary/aromatic N) is 1. The molecule has 16 heavy (non-hydrogen) atoms. The highest BCUT2D eigenvalue weighted by Crippen LogP contribution is 2.35. The Morgan fingerprint density at radius 1 is 1.31 bits per heavy atom. The van der Waals surface area contributed by atoms with E-state index in [-0.39, 0.29) is 0 Å². The maximum atomic E-state index is 9.78. The van der Waals surface area contributed by atoms with Crippen molar-refractivity contribution in [2.75, 3.05) is 0 Å². The van der Waals surface area contributed by atoms with E-state index < -0.39 is 6.10 Å². The van der Waals surface area contributed by atoms with Gasteiger partial charge in [-0.15, -0.1) is 0 Å². The fourth-order valence-electron chi connectivity index (χ4n) is 2.24. The first-order valence-corrected chi connectivity index (χ1v) is 5.75. The number of fused-ring (bicyclic) bond motifs is 1. The van der Waals surface area contributed by atoms with E-state index in [0.717, 1.165) is 16.5 Å². The molecule has 0 radical (unpaired) electrons. The first-order chi connectivity index (χ1) is 7.45. The van der Waals surface area contributed by atoms with Crippen LogP contribution in [0, 0.1) is 13.8 Å². The van der Waals surface area contributed by atoms with E-state index >= 15 is 0 Å². The van der Waals surface area contributed by atoms with Crippen LogP contribution in [0.25, 0.3) is 10.9 Å². The van der Waals surface area contributed by atoms with Gasteiger partial charge in [0.15, 0.2) is 0 Å². The van der Waals surface area contributed by atoms with E-state index in [0.29, 0.717) is 5.15 Å². The smallest absolute Gasteiger partial charge is 0.115 e. The third-order valence-electron chi connectivity index (χ3n) is 3.26. The van der Waals surface area contributed by atoms with Crippen molar-refractivity contribution in [3.05, 3.63) is 34.0 Å². The summed E-state index contributed by atoms with van der Waals surface area (Å²) in [5.41, 5.74) is 4.39. The Morgan fingerprint density at radius 3 is 2.50 bits per heavy atom. The summed E-state index contributed by atoms with van der Waals surface area (Å²) in [6.07, 6.45) is -0.543. The molecule has 0 saturated carbocycles. The van der Waals surface area contributed by atoms with Gasteiger partial charge in [0, 0.05) is 18.0 Å². The van der Waals surface area contributed by atoms with Crippen molar-refractivity contribution in [2.24, 2.45) is 7.05 Å². The highest BCUT2D eigenvalue weighted by molar-refractivity contribution is 6.32. The van der Waals surface area contributed by atoms with Gasteiger partial charge in [0.05, 0.1) is 11.6 Å². The van der Waals surface area contributed by atoms with Crippen molar-refractivity contribution in [3.8, 4) is 0 Å². The topological polar surface area (TPSA) is 25.2 Å². The van der Waals surface area contributed by atoms with Crippen molar-refractivity contribution in [2.45, 2.75) is 26.9 Å². The van der Waals surface area contributed by atoms with Gasteiger partial charge < -0.3 is 9.67 Å². The molecule has 3 heteroatoms. The molecule has 1 N–H and O–H groups in total. The quantitative estimate of drug-likeness (QED) is 0.807. The van der Waals surface area contributed by atoms with Crippen LogP contribution in [0.5, 0.6) is 0 Å². The van der Waals surface area contributed by atoms with Crippen molar-refractivity contribution in [3.63, 3.8) is 0 Å². The monoisotopic (exact) mass is 237 g/mol. The number of hydrogen-bond donors (Lipinski definition) is 1. The van der Waals surface area contributed by atoms with E-state index in [1.807, 2.05) is 17.7 Å². The first kappa shape index (κ1) is 11.5. The zero-order chi connectivity index (χ0) is 12.0. The Hall–Kier alpha value is -0.990. The van der Waals surface area contributed by atoms with Gasteiger partial charge in [-0.05, 0) is 31.9 Å². The molecule has 2 nitrogen and oxygen atoms in total. The summed E-state index contributed by atoms with van der Waals surface area (Å²) in [5, 5.41) is 11.4. The maximum absolute atomic E-state index is 9.78. The molecule has 0 aliphatic rings. The minimum atomic E-state index is -0.543. The first-order valence-electron chi connectivity index (χ1n) is 5.37. The normalized spacial score (nSPS) is 13.4. The third-order valence-corrected chi connectivity index (χ3v) is 3.72. The van der Waals surface area contributed by atoms with Crippen LogP contribution >= 0.6 is 11.6 Å². The van der Waals surface area contributed by atoms with Gasteiger partial charge in [-0.25, -0.2) is 0 Å². The second kappa shape index (κ2) is 3.79. The minimum absolute atomic E-state index is 0.543. The lowest BCUT2D eigenvalue weighted by molar-refractivity contribution is 0.201. The van der Waals surface area contributed by atoms with Crippen LogP contribution < -0.4 is 0 Å². The lowest BCUT2D eigenvalue weighted by Gasteiger charge is -2.05. The van der Waals surface area contributed by atoms with Gasteiger partial charge in [-0.3, -0.25) is 0 Å². The lowest BCUT2D eigenvalue weighted by atomic mass is 10.0. The van der Waals surface area contributed by atoms with Crippen LogP contribution in [0.2, 0.25) is 5.15 Å². The number of hydrogen-bond acceptors (Lipinski definition) is 1. The molecule has 86 valence electrons. The van der Waals surface area contributed by atoms with Gasteiger partial charge in [0.2, 0.25) is 0 Å². The van der Waals surface area contributed by atoms with E-state index in [2.05, 4.69) is 19.9 Å². The number of aliphatic hydroxyl groups excluding tert-OH is 1. The summed E-state index contributed by atoms with van der Waals surface area (Å²) < 4.78 is 1.95. The molecule has 0 fully saturated rings. The molecule has 1 aromatic carbocycles. The lowest BCUT2D eigenvalue weighted by Crippen LogP contribution is -1.92. The number of benzene rings is 1. The summed E-state index contributed by atoms with van der Waals surface area (Å²) in [6.45, 7) is 5.91. The highest BCUT2D eigenvalue weighted by atomic mass is 35.5. The summed E-state index contributed by atoms with van der Waals surface area (Å²) in [5.74, 6) is 0. The Bertz CT molecular complexity index is 555. The molecule has 0 bridgehead atoms. The SMILES string of the molecule is Cc1ccc2c(C(C)O)c(Cl)n(C)c2c1C. The number of rotatable bonds is 1. The fraction of sp³-hybridized carbons (Fsp3) is 0.385. The van der Waals surface area contributed by atoms with Crippen LogP contribution in [0.15, 0.2) is 12.1 Å². The van der Waals surface area contributed by atoms with Gasteiger partial charge >= 0.3 is 0 Å². The van der Waals surface area contributed by atoms with Gasteiger partial charge in [0.25, 0.3) is 0 Å². The molecular weight excluding hydrogens is 222 g/mol. The van der Waals surface area contributed by atoms with Crippen molar-refractivity contribution < 1.29 is 5.11 Å². The molecule has 0 saturated heterocycles. The second-order valence-electron chi connectivity index (χ2n) is 4.34. The van der Waals surface area contributed by atoms with Crippen LogP contribution in [-0.2, 0) is 7.05 Å². The molecule has 0 spiro atoms. The molecule has 1 atom stereocenters. The third kappa shape index (κ3) is 1.45. The molecule has 0 aliphatic heterocycles. The van der Waals surface area contributed by atoms with E-state index in [1.165, 1.54) is 11.1 Å². The molecule has 0 amide bonds. The average molecular weight is 238 g/mol. The largest absolute Gasteiger partial charge is 0.389 e. The Balaban J connectivity index is 2.96. The van der Waals surface area contributed by atoms with Crippen LogP contribution in [0.4, 0.5) is 0 Å². The zero-order valence-corrected chi connectivity index (χ0v) is 10.8. The molecule has 1 unspecified atom stereocenters. The summed E-state index contributed by atoms with van der Waals surface area (Å²) >= 11 is 6.26. The van der Waals surface area contributed by atoms with Crippen molar-refractivity contribution >= 4 is 22.5 Å². The second-order valence-corrected chi connectivity index (χ2v) is 4.70. The predicted octanol–water partition coefficient (Wildman–Crippen LogP) is 3.50. The average Bonchev–Trinajstić information content (AvgIpc) is 2.46. The van der Waals surface area contributed by atoms with Gasteiger partial charge in [-0.2, -0.15) is 0 Å². The van der Waals surface area contributed by atoms with Crippen LogP contribution in [0.1, 0.15) is 29.7 Å². The molecule has 1 heterocycles.